The number of aromatic nitrogens is 1. The van der Waals surface area contributed by atoms with Crippen LogP contribution in [0, 0.1) is 23.5 Å². The third-order valence-corrected chi connectivity index (χ3v) is 8.16. The Morgan fingerprint density at radius 1 is 1.24 bits per heavy atom. The van der Waals surface area contributed by atoms with Gasteiger partial charge >= 0.3 is 5.97 Å². The van der Waals surface area contributed by atoms with Gasteiger partial charge in [0.15, 0.2) is 0 Å². The highest BCUT2D eigenvalue weighted by Gasteiger charge is 2.34. The first-order chi connectivity index (χ1) is 17.9. The first-order valence-electron chi connectivity index (χ1n) is 12.5. The lowest BCUT2D eigenvalue weighted by Crippen LogP contribution is -2.44. The van der Waals surface area contributed by atoms with E-state index in [2.05, 4.69) is 15.2 Å². The quantitative estimate of drug-likeness (QED) is 0.323. The fraction of sp³-hybridized carbons (Fsp3) is 0.429. The molecule has 1 aromatic heterocycles. The molecule has 0 aliphatic carbocycles. The van der Waals surface area contributed by atoms with E-state index in [0.717, 1.165) is 54.1 Å². The minimum absolute atomic E-state index is 0.0631. The van der Waals surface area contributed by atoms with Crippen LogP contribution in [0.15, 0.2) is 53.6 Å². The Morgan fingerprint density at radius 3 is 2.73 bits per heavy atom. The number of piperidine rings is 1. The molecule has 6 nitrogen and oxygen atoms in total. The van der Waals surface area contributed by atoms with Crippen LogP contribution in [-0.4, -0.2) is 60.5 Å². The average molecular weight is 530 g/mol. The van der Waals surface area contributed by atoms with Gasteiger partial charge in [0.1, 0.15) is 17.4 Å². The van der Waals surface area contributed by atoms with Crippen molar-refractivity contribution < 1.29 is 23.4 Å². The highest BCUT2D eigenvalue weighted by molar-refractivity contribution is 7.99. The molecule has 0 bridgehead atoms. The van der Waals surface area contributed by atoms with Crippen LogP contribution >= 0.6 is 11.8 Å². The Bertz CT molecular complexity index is 1210. The standard InChI is InChI=1S/C28H33F2N3O3S/c1-31-26(23-7-9-32-27-6-4-21(36-2)16-24(23)27)5-3-18-8-10-33(17-25(18)28(34)35)11-12-37-22-14-19(29)13-20(30)15-22/h4,6-7,9,13-16,18,25-26,31H,3,5,8,10-12,17H2,1-2H3,(H,34,35)/t18-,25+,26-/m1/s1. The first kappa shape index (κ1) is 27.3. The number of carbonyl (C=O) groups is 1. The van der Waals surface area contributed by atoms with E-state index in [4.69, 9.17) is 4.74 Å². The summed E-state index contributed by atoms with van der Waals surface area (Å²) in [5.41, 5.74) is 2.02. The third kappa shape index (κ3) is 6.97. The molecule has 4 rings (SSSR count). The second-order valence-corrected chi connectivity index (χ2v) is 10.6. The van der Waals surface area contributed by atoms with E-state index in [-0.39, 0.29) is 12.0 Å². The minimum atomic E-state index is -0.769. The number of fused-ring (bicyclic) bond motifs is 1. The Balaban J connectivity index is 1.36. The molecule has 2 N–H and O–H groups in total. The molecule has 0 unspecified atom stereocenters. The molecule has 0 saturated carbocycles. The van der Waals surface area contributed by atoms with Gasteiger partial charge < -0.3 is 20.1 Å². The number of carboxylic acids is 1. The van der Waals surface area contributed by atoms with Gasteiger partial charge in [0, 0.05) is 47.4 Å². The van der Waals surface area contributed by atoms with Gasteiger partial charge in [0.05, 0.1) is 18.5 Å². The topological polar surface area (TPSA) is 74.7 Å². The number of likely N-dealkylation sites (tertiary alicyclic amines) is 1. The number of pyridine rings is 1. The predicted octanol–water partition coefficient (Wildman–Crippen LogP) is 5.38. The van der Waals surface area contributed by atoms with Crippen molar-refractivity contribution in [2.45, 2.75) is 30.2 Å². The van der Waals surface area contributed by atoms with Crippen molar-refractivity contribution in [3.8, 4) is 5.75 Å². The molecule has 2 heterocycles. The second kappa shape index (κ2) is 12.7. The molecule has 2 aromatic carbocycles. The van der Waals surface area contributed by atoms with Crippen molar-refractivity contribution in [1.29, 1.82) is 0 Å². The summed E-state index contributed by atoms with van der Waals surface area (Å²) in [7, 11) is 3.57. The summed E-state index contributed by atoms with van der Waals surface area (Å²) >= 11 is 1.38. The number of benzene rings is 2. The van der Waals surface area contributed by atoms with Gasteiger partial charge in [-0.05, 0) is 80.7 Å². The average Bonchev–Trinajstić information content (AvgIpc) is 2.88. The van der Waals surface area contributed by atoms with Gasteiger partial charge in [0.2, 0.25) is 0 Å². The van der Waals surface area contributed by atoms with Crippen LogP contribution in [0.2, 0.25) is 0 Å². The van der Waals surface area contributed by atoms with Gasteiger partial charge in [-0.25, -0.2) is 8.78 Å². The number of hydrogen-bond donors (Lipinski definition) is 2. The highest BCUT2D eigenvalue weighted by atomic mass is 32.2. The summed E-state index contributed by atoms with van der Waals surface area (Å²) in [4.78, 5) is 19.3. The summed E-state index contributed by atoms with van der Waals surface area (Å²) in [5.74, 6) is -0.902. The molecule has 3 aromatic rings. The van der Waals surface area contributed by atoms with Crippen LogP contribution in [0.25, 0.3) is 10.9 Å². The molecule has 37 heavy (non-hydrogen) atoms. The molecule has 3 atom stereocenters. The summed E-state index contributed by atoms with van der Waals surface area (Å²) in [6.07, 6.45) is 4.21. The van der Waals surface area contributed by atoms with Crippen molar-refractivity contribution in [1.82, 2.24) is 15.2 Å². The van der Waals surface area contributed by atoms with Gasteiger partial charge in [0.25, 0.3) is 0 Å². The number of halogens is 2. The Morgan fingerprint density at radius 2 is 2.03 bits per heavy atom. The van der Waals surface area contributed by atoms with Crippen LogP contribution in [0.1, 0.15) is 30.9 Å². The molecular weight excluding hydrogens is 496 g/mol. The summed E-state index contributed by atoms with van der Waals surface area (Å²) < 4.78 is 32.3. The number of methoxy groups -OCH3 is 1. The molecule has 1 aliphatic rings. The van der Waals surface area contributed by atoms with Gasteiger partial charge in [-0.3, -0.25) is 9.78 Å². The summed E-state index contributed by atoms with van der Waals surface area (Å²) in [6.45, 7) is 1.97. The third-order valence-electron chi connectivity index (χ3n) is 7.20. The molecule has 0 spiro atoms. The van der Waals surface area contributed by atoms with E-state index >= 15 is 0 Å². The number of ether oxygens (including phenoxy) is 1. The van der Waals surface area contributed by atoms with E-state index in [1.165, 1.54) is 23.9 Å². The molecule has 9 heteroatoms. The SMILES string of the molecule is CN[C@H](CC[C@@H]1CCN(CCSc2cc(F)cc(F)c2)C[C@@H]1C(=O)O)c1ccnc2ccc(OC)cc12. The maximum atomic E-state index is 13.4. The normalized spacial score (nSPS) is 19.1. The number of aliphatic carboxylic acids is 1. The smallest absolute Gasteiger partial charge is 0.308 e. The summed E-state index contributed by atoms with van der Waals surface area (Å²) in [5, 5.41) is 14.4. The fourth-order valence-corrected chi connectivity index (χ4v) is 6.19. The first-order valence-corrected chi connectivity index (χ1v) is 13.5. The van der Waals surface area contributed by atoms with E-state index < -0.39 is 23.5 Å². The lowest BCUT2D eigenvalue weighted by molar-refractivity contribution is -0.146. The zero-order valence-electron chi connectivity index (χ0n) is 21.1. The van der Waals surface area contributed by atoms with E-state index in [0.29, 0.717) is 23.7 Å². The van der Waals surface area contributed by atoms with Crippen LogP contribution in [0.5, 0.6) is 5.75 Å². The Kier molecular flexibility index (Phi) is 9.34. The second-order valence-electron chi connectivity index (χ2n) is 9.45. The van der Waals surface area contributed by atoms with Crippen LogP contribution in [0.3, 0.4) is 0 Å². The molecule has 0 radical (unpaired) electrons. The number of hydrogen-bond acceptors (Lipinski definition) is 6. The number of nitrogens with zero attached hydrogens (tertiary/aromatic N) is 2. The van der Waals surface area contributed by atoms with Crippen molar-refractivity contribution in [3.05, 3.63) is 65.9 Å². The number of carboxylic acid groups (broad SMARTS) is 1. The minimum Gasteiger partial charge on any atom is -0.497 e. The number of rotatable bonds is 11. The molecule has 198 valence electrons. The molecule has 0 amide bonds. The summed E-state index contributed by atoms with van der Waals surface area (Å²) in [6, 6.07) is 11.4. The van der Waals surface area contributed by atoms with Gasteiger partial charge in [-0.15, -0.1) is 11.8 Å². The van der Waals surface area contributed by atoms with Crippen molar-refractivity contribution in [3.63, 3.8) is 0 Å². The van der Waals surface area contributed by atoms with E-state index in [1.54, 1.807) is 7.11 Å². The van der Waals surface area contributed by atoms with Crippen LogP contribution in [0.4, 0.5) is 8.78 Å². The van der Waals surface area contributed by atoms with E-state index in [9.17, 15) is 18.7 Å². The maximum absolute atomic E-state index is 13.4. The predicted molar refractivity (Wildman–Crippen MR) is 142 cm³/mol. The molecular formula is C28H33F2N3O3S. The molecule has 1 aliphatic heterocycles. The fourth-order valence-electron chi connectivity index (χ4n) is 5.21. The maximum Gasteiger partial charge on any atom is 0.308 e. The van der Waals surface area contributed by atoms with Gasteiger partial charge in [-0.1, -0.05) is 0 Å². The largest absolute Gasteiger partial charge is 0.497 e. The van der Waals surface area contributed by atoms with Crippen molar-refractivity contribution in [2.24, 2.45) is 11.8 Å². The van der Waals surface area contributed by atoms with Crippen molar-refractivity contribution >= 4 is 28.6 Å². The number of thioether (sulfide) groups is 1. The molecule has 1 saturated heterocycles. The Hall–Kier alpha value is -2.75. The van der Waals surface area contributed by atoms with Crippen LogP contribution < -0.4 is 10.1 Å². The molecule has 1 fully saturated rings. The van der Waals surface area contributed by atoms with Gasteiger partial charge in [-0.2, -0.15) is 0 Å². The van der Waals surface area contributed by atoms with Crippen LogP contribution in [-0.2, 0) is 4.79 Å². The zero-order valence-corrected chi connectivity index (χ0v) is 21.9. The Labute approximate surface area is 220 Å². The van der Waals surface area contributed by atoms with E-state index in [1.807, 2.05) is 37.5 Å². The zero-order chi connectivity index (χ0) is 26.4. The lowest BCUT2D eigenvalue weighted by Gasteiger charge is -2.37. The monoisotopic (exact) mass is 529 g/mol. The lowest BCUT2D eigenvalue weighted by atomic mass is 9.81. The number of nitrogens with one attached hydrogen (secondary N) is 1. The van der Waals surface area contributed by atoms with Crippen molar-refractivity contribution in [2.75, 3.05) is 39.5 Å². The highest BCUT2D eigenvalue weighted by Crippen LogP contribution is 2.34.